The Morgan fingerprint density at radius 1 is 1.35 bits per heavy atom. The first kappa shape index (κ1) is 17.7. The van der Waals surface area contributed by atoms with Crippen LogP contribution in [0.3, 0.4) is 0 Å². The Balaban J connectivity index is 1.82. The van der Waals surface area contributed by atoms with Crippen molar-refractivity contribution in [2.45, 2.75) is 13.0 Å². The van der Waals surface area contributed by atoms with Gasteiger partial charge in [0, 0.05) is 24.8 Å². The summed E-state index contributed by atoms with van der Waals surface area (Å²) in [4.78, 5) is 25.3. The molecular formula is C17H20N4O5. The molecule has 9 nitrogen and oxygen atoms in total. The first-order valence-corrected chi connectivity index (χ1v) is 8.21. The molecule has 1 unspecified atom stereocenters. The Labute approximate surface area is 149 Å². The van der Waals surface area contributed by atoms with E-state index in [0.717, 1.165) is 11.1 Å². The number of benzene rings is 1. The summed E-state index contributed by atoms with van der Waals surface area (Å²) in [5, 5.41) is 17.9. The molecule has 1 atom stereocenters. The van der Waals surface area contributed by atoms with Crippen molar-refractivity contribution in [1.29, 1.82) is 0 Å². The van der Waals surface area contributed by atoms with Gasteiger partial charge in [0.1, 0.15) is 5.75 Å². The maximum Gasteiger partial charge on any atom is 0.409 e. The van der Waals surface area contributed by atoms with Crippen molar-refractivity contribution in [3.8, 4) is 16.9 Å². The van der Waals surface area contributed by atoms with Crippen molar-refractivity contribution in [2.24, 2.45) is 0 Å². The molecule has 1 aliphatic rings. The summed E-state index contributed by atoms with van der Waals surface area (Å²) >= 11 is 0. The van der Waals surface area contributed by atoms with Crippen LogP contribution in [0.2, 0.25) is 0 Å². The number of ether oxygens (including phenoxy) is 2. The normalized spacial score (nSPS) is 15.3. The third kappa shape index (κ3) is 4.12. The van der Waals surface area contributed by atoms with Gasteiger partial charge in [-0.25, -0.2) is 4.79 Å². The van der Waals surface area contributed by atoms with E-state index in [4.69, 9.17) is 14.6 Å². The maximum atomic E-state index is 12.5. The van der Waals surface area contributed by atoms with E-state index >= 15 is 0 Å². The highest BCUT2D eigenvalue weighted by Crippen LogP contribution is 2.31. The number of anilines is 1. The first-order chi connectivity index (χ1) is 12.5. The van der Waals surface area contributed by atoms with Gasteiger partial charge in [-0.3, -0.25) is 15.2 Å². The number of aromatic amines is 1. The molecule has 0 bridgehead atoms. The minimum absolute atomic E-state index is 0.164. The zero-order chi connectivity index (χ0) is 18.5. The summed E-state index contributed by atoms with van der Waals surface area (Å²) < 4.78 is 11.1. The number of carbonyl (C=O) groups excluding carboxylic acids is 1. The van der Waals surface area contributed by atoms with Gasteiger partial charge < -0.3 is 19.5 Å². The number of carboxylic acid groups (broad SMARTS) is 1. The number of carbonyl (C=O) groups is 2. The Bertz CT molecular complexity index is 771. The summed E-state index contributed by atoms with van der Waals surface area (Å²) in [5.74, 6) is 0.114. The molecule has 2 aromatic rings. The van der Waals surface area contributed by atoms with Crippen molar-refractivity contribution < 1.29 is 24.2 Å². The number of H-pyrrole nitrogens is 1. The Hall–Kier alpha value is -3.07. The molecular weight excluding hydrogens is 340 g/mol. The second-order valence-electron chi connectivity index (χ2n) is 5.83. The molecule has 1 saturated heterocycles. The number of nitrogens with zero attached hydrogens (tertiary/aromatic N) is 2. The maximum absolute atomic E-state index is 12.5. The number of hydrogen-bond donors (Lipinski definition) is 3. The second kappa shape index (κ2) is 7.87. The third-order valence-corrected chi connectivity index (χ3v) is 4.03. The molecule has 3 rings (SSSR count). The zero-order valence-electron chi connectivity index (χ0n) is 14.3. The molecule has 0 spiro atoms. The van der Waals surface area contributed by atoms with Gasteiger partial charge in [0.15, 0.2) is 6.10 Å². The SMILES string of the molecule is CC(Oc1cc(-c2cn[nH]c2)ccc1NC(=O)O)C(=O)N1CCOCC1. The monoisotopic (exact) mass is 360 g/mol. The molecule has 1 aromatic carbocycles. The Morgan fingerprint density at radius 3 is 2.77 bits per heavy atom. The van der Waals surface area contributed by atoms with Crippen LogP contribution in [0.25, 0.3) is 11.1 Å². The van der Waals surface area contributed by atoms with E-state index in [9.17, 15) is 9.59 Å². The summed E-state index contributed by atoms with van der Waals surface area (Å²) in [7, 11) is 0. The van der Waals surface area contributed by atoms with Gasteiger partial charge in [-0.1, -0.05) is 6.07 Å². The van der Waals surface area contributed by atoms with E-state index < -0.39 is 12.2 Å². The topological polar surface area (TPSA) is 117 Å². The standard InChI is InChI=1S/C17H20N4O5/c1-11(16(22)21-4-6-25-7-5-21)26-15-8-12(13-9-18-19-10-13)2-3-14(15)20-17(23)24/h2-3,8-11,20H,4-7H2,1H3,(H,18,19)(H,23,24). The average molecular weight is 360 g/mol. The molecule has 2 heterocycles. The van der Waals surface area contributed by atoms with Crippen LogP contribution in [0.4, 0.5) is 10.5 Å². The lowest BCUT2D eigenvalue weighted by atomic mass is 10.1. The van der Waals surface area contributed by atoms with Gasteiger partial charge in [0.05, 0.1) is 25.1 Å². The number of rotatable bonds is 5. The molecule has 2 amide bonds. The fourth-order valence-electron chi connectivity index (χ4n) is 2.71. The molecule has 26 heavy (non-hydrogen) atoms. The van der Waals surface area contributed by atoms with Gasteiger partial charge in [-0.05, 0) is 24.6 Å². The van der Waals surface area contributed by atoms with Gasteiger partial charge >= 0.3 is 6.09 Å². The largest absolute Gasteiger partial charge is 0.479 e. The van der Waals surface area contributed by atoms with Crippen molar-refractivity contribution in [1.82, 2.24) is 15.1 Å². The fourth-order valence-corrected chi connectivity index (χ4v) is 2.71. The van der Waals surface area contributed by atoms with Crippen LogP contribution >= 0.6 is 0 Å². The molecule has 1 fully saturated rings. The quantitative estimate of drug-likeness (QED) is 0.748. The highest BCUT2D eigenvalue weighted by atomic mass is 16.5. The molecule has 9 heteroatoms. The predicted molar refractivity (Wildman–Crippen MR) is 93.2 cm³/mol. The van der Waals surface area contributed by atoms with E-state index in [1.54, 1.807) is 42.4 Å². The second-order valence-corrected chi connectivity index (χ2v) is 5.83. The lowest BCUT2D eigenvalue weighted by molar-refractivity contribution is -0.142. The van der Waals surface area contributed by atoms with Crippen LogP contribution in [0.1, 0.15) is 6.92 Å². The van der Waals surface area contributed by atoms with Gasteiger partial charge in [0.25, 0.3) is 5.91 Å². The first-order valence-electron chi connectivity index (χ1n) is 8.21. The number of morpholine rings is 1. The summed E-state index contributed by atoms with van der Waals surface area (Å²) in [5.41, 5.74) is 1.88. The Kier molecular flexibility index (Phi) is 5.37. The fraction of sp³-hybridized carbons (Fsp3) is 0.353. The van der Waals surface area contributed by atoms with Gasteiger partial charge in [-0.2, -0.15) is 5.10 Å². The number of aromatic nitrogens is 2. The predicted octanol–water partition coefficient (Wildman–Crippen LogP) is 1.79. The minimum Gasteiger partial charge on any atom is -0.479 e. The van der Waals surface area contributed by atoms with Crippen LogP contribution in [-0.4, -0.2) is 64.6 Å². The van der Waals surface area contributed by atoms with Crippen LogP contribution in [0.5, 0.6) is 5.75 Å². The third-order valence-electron chi connectivity index (χ3n) is 4.03. The highest BCUT2D eigenvalue weighted by molar-refractivity contribution is 5.87. The highest BCUT2D eigenvalue weighted by Gasteiger charge is 2.25. The van der Waals surface area contributed by atoms with Crippen LogP contribution in [0.15, 0.2) is 30.6 Å². The molecule has 1 aromatic heterocycles. The minimum atomic E-state index is -1.21. The summed E-state index contributed by atoms with van der Waals surface area (Å²) in [6, 6.07) is 5.02. The van der Waals surface area contributed by atoms with Gasteiger partial charge in [0.2, 0.25) is 0 Å². The Morgan fingerprint density at radius 2 is 2.12 bits per heavy atom. The number of amides is 2. The number of hydrogen-bond acceptors (Lipinski definition) is 5. The lowest BCUT2D eigenvalue weighted by Gasteiger charge is -2.29. The summed E-state index contributed by atoms with van der Waals surface area (Å²) in [6.45, 7) is 3.68. The van der Waals surface area contributed by atoms with Crippen molar-refractivity contribution >= 4 is 17.7 Å². The molecule has 1 aliphatic heterocycles. The molecule has 0 saturated carbocycles. The van der Waals surface area contributed by atoms with Crippen LogP contribution in [0, 0.1) is 0 Å². The van der Waals surface area contributed by atoms with Gasteiger partial charge in [-0.15, -0.1) is 0 Å². The zero-order valence-corrected chi connectivity index (χ0v) is 14.3. The van der Waals surface area contributed by atoms with Crippen molar-refractivity contribution in [3.05, 3.63) is 30.6 Å². The molecule has 0 radical (unpaired) electrons. The van der Waals surface area contributed by atoms with E-state index in [1.165, 1.54) is 0 Å². The van der Waals surface area contributed by atoms with E-state index in [1.807, 2.05) is 0 Å². The molecule has 3 N–H and O–H groups in total. The van der Waals surface area contributed by atoms with E-state index in [-0.39, 0.29) is 17.3 Å². The van der Waals surface area contributed by atoms with Crippen LogP contribution in [-0.2, 0) is 9.53 Å². The van der Waals surface area contributed by atoms with E-state index in [2.05, 4.69) is 15.5 Å². The summed E-state index contributed by atoms with van der Waals surface area (Å²) in [6.07, 6.45) is 1.39. The molecule has 0 aliphatic carbocycles. The van der Waals surface area contributed by atoms with E-state index in [0.29, 0.717) is 26.3 Å². The molecule has 138 valence electrons. The average Bonchev–Trinajstić information content (AvgIpc) is 3.17. The lowest BCUT2D eigenvalue weighted by Crippen LogP contribution is -2.46. The van der Waals surface area contributed by atoms with Crippen molar-refractivity contribution in [3.63, 3.8) is 0 Å². The smallest absolute Gasteiger partial charge is 0.409 e. The van der Waals surface area contributed by atoms with Crippen molar-refractivity contribution in [2.75, 3.05) is 31.6 Å². The van der Waals surface area contributed by atoms with Crippen LogP contribution < -0.4 is 10.1 Å². The number of nitrogens with one attached hydrogen (secondary N) is 2.